The zero-order chi connectivity index (χ0) is 14.0. The molecule has 1 unspecified atom stereocenters. The average molecular weight is 324 g/mol. The summed E-state index contributed by atoms with van der Waals surface area (Å²) in [6, 6.07) is 4.61. The van der Waals surface area contributed by atoms with Crippen LogP contribution < -0.4 is 0 Å². The van der Waals surface area contributed by atoms with Gasteiger partial charge in [-0.25, -0.2) is 8.42 Å². The Balaban J connectivity index is 2.33. The smallest absolute Gasteiger partial charge is 0.243 e. The predicted molar refractivity (Wildman–Crippen MR) is 75.2 cm³/mol. The molecule has 0 aromatic heterocycles. The molecule has 0 saturated carbocycles. The Morgan fingerprint density at radius 3 is 2.84 bits per heavy atom. The molecule has 0 amide bonds. The first kappa shape index (κ1) is 15.1. The second-order valence-corrected chi connectivity index (χ2v) is 7.04. The summed E-state index contributed by atoms with van der Waals surface area (Å²) in [6.45, 7) is 3.00. The Bertz CT molecular complexity index is 562. The van der Waals surface area contributed by atoms with Crippen LogP contribution in [0.1, 0.15) is 12.5 Å². The molecule has 4 nitrogen and oxygen atoms in total. The lowest BCUT2D eigenvalue weighted by molar-refractivity contribution is 0.0102. The second-order valence-electron chi connectivity index (χ2n) is 4.43. The van der Waals surface area contributed by atoms with Crippen LogP contribution in [0, 0.1) is 0 Å². The number of hydrogen-bond donors (Lipinski definition) is 0. The third kappa shape index (κ3) is 3.23. The Hall–Kier alpha value is -0.330. The Kier molecular flexibility index (Phi) is 4.74. The first-order chi connectivity index (χ1) is 8.95. The summed E-state index contributed by atoms with van der Waals surface area (Å²) in [4.78, 5) is 0.224. The van der Waals surface area contributed by atoms with Crippen LogP contribution in [0.2, 0.25) is 5.02 Å². The molecular formula is C12H15Cl2NO3S. The molecule has 7 heteroatoms. The van der Waals surface area contributed by atoms with Crippen LogP contribution in [-0.2, 0) is 20.6 Å². The van der Waals surface area contributed by atoms with Crippen LogP contribution in [0.15, 0.2) is 23.1 Å². The highest BCUT2D eigenvalue weighted by molar-refractivity contribution is 7.89. The molecule has 0 spiro atoms. The molecule has 2 rings (SSSR count). The van der Waals surface area contributed by atoms with Crippen molar-refractivity contribution in [2.45, 2.75) is 23.8 Å². The third-order valence-corrected chi connectivity index (χ3v) is 5.52. The van der Waals surface area contributed by atoms with Crippen LogP contribution in [0.4, 0.5) is 0 Å². The van der Waals surface area contributed by atoms with Gasteiger partial charge in [0, 0.05) is 24.0 Å². The molecule has 0 radical (unpaired) electrons. The van der Waals surface area contributed by atoms with Gasteiger partial charge in [-0.3, -0.25) is 0 Å². The number of alkyl halides is 1. The van der Waals surface area contributed by atoms with E-state index in [4.69, 9.17) is 27.9 Å². The molecule has 1 fully saturated rings. The molecule has 106 valence electrons. The van der Waals surface area contributed by atoms with Crippen molar-refractivity contribution >= 4 is 33.2 Å². The summed E-state index contributed by atoms with van der Waals surface area (Å²) in [5.74, 6) is 0.182. The monoisotopic (exact) mass is 323 g/mol. The predicted octanol–water partition coefficient (Wildman–Crippen LogP) is 2.49. The number of rotatable bonds is 3. The van der Waals surface area contributed by atoms with E-state index in [1.54, 1.807) is 6.07 Å². The largest absolute Gasteiger partial charge is 0.376 e. The topological polar surface area (TPSA) is 46.6 Å². The number of nitrogens with zero attached hydrogens (tertiary/aromatic N) is 1. The van der Waals surface area contributed by atoms with E-state index in [9.17, 15) is 8.42 Å². The molecule has 1 saturated heterocycles. The van der Waals surface area contributed by atoms with Crippen molar-refractivity contribution in [3.05, 3.63) is 28.8 Å². The maximum Gasteiger partial charge on any atom is 0.243 e. The summed E-state index contributed by atoms with van der Waals surface area (Å²) in [5, 5.41) is 0.476. The molecule has 0 N–H and O–H groups in total. The summed E-state index contributed by atoms with van der Waals surface area (Å²) in [5.41, 5.74) is 0.616. The molecule has 1 atom stereocenters. The Morgan fingerprint density at radius 1 is 1.47 bits per heavy atom. The van der Waals surface area contributed by atoms with Crippen molar-refractivity contribution in [2.24, 2.45) is 0 Å². The highest BCUT2D eigenvalue weighted by Gasteiger charge is 2.29. The number of hydrogen-bond acceptors (Lipinski definition) is 3. The van der Waals surface area contributed by atoms with Gasteiger partial charge in [-0.05, 0) is 30.7 Å². The molecule has 0 bridgehead atoms. The van der Waals surface area contributed by atoms with Gasteiger partial charge < -0.3 is 4.74 Å². The molecule has 1 aromatic rings. The van der Waals surface area contributed by atoms with Gasteiger partial charge in [-0.1, -0.05) is 11.6 Å². The van der Waals surface area contributed by atoms with Crippen molar-refractivity contribution in [2.75, 3.05) is 19.7 Å². The first-order valence-corrected chi connectivity index (χ1v) is 8.26. The van der Waals surface area contributed by atoms with E-state index in [-0.39, 0.29) is 16.9 Å². The molecule has 1 aromatic carbocycles. The fraction of sp³-hybridized carbons (Fsp3) is 0.500. The number of benzene rings is 1. The van der Waals surface area contributed by atoms with Gasteiger partial charge in [0.2, 0.25) is 10.0 Å². The van der Waals surface area contributed by atoms with E-state index >= 15 is 0 Å². The van der Waals surface area contributed by atoms with E-state index in [1.165, 1.54) is 16.4 Å². The van der Waals surface area contributed by atoms with E-state index in [0.717, 1.165) is 0 Å². The maximum atomic E-state index is 12.5. The highest BCUT2D eigenvalue weighted by Crippen LogP contribution is 2.25. The minimum absolute atomic E-state index is 0.0941. The number of morpholine rings is 1. The normalized spacial score (nSPS) is 21.5. The highest BCUT2D eigenvalue weighted by atomic mass is 35.5. The standard InChI is InChI=1S/C12H15Cl2NO3S/c1-9-8-15(4-5-18-9)19(16,17)11-2-3-12(14)10(6-11)7-13/h2-3,6,9H,4-5,7-8H2,1H3. The molecule has 19 heavy (non-hydrogen) atoms. The van der Waals surface area contributed by atoms with E-state index in [1.807, 2.05) is 6.92 Å². The number of halogens is 2. The van der Waals surface area contributed by atoms with Gasteiger partial charge in [0.25, 0.3) is 0 Å². The Morgan fingerprint density at radius 2 is 2.21 bits per heavy atom. The fourth-order valence-corrected chi connectivity index (χ4v) is 3.99. The van der Waals surface area contributed by atoms with Crippen molar-refractivity contribution in [3.63, 3.8) is 0 Å². The molecule has 1 aliphatic rings. The lowest BCUT2D eigenvalue weighted by atomic mass is 10.2. The summed E-state index contributed by atoms with van der Waals surface area (Å²) in [7, 11) is -3.51. The van der Waals surface area contributed by atoms with Gasteiger partial charge >= 0.3 is 0 Å². The van der Waals surface area contributed by atoms with Gasteiger partial charge in [0.15, 0.2) is 0 Å². The molecule has 0 aliphatic carbocycles. The van der Waals surface area contributed by atoms with Crippen molar-refractivity contribution < 1.29 is 13.2 Å². The van der Waals surface area contributed by atoms with E-state index in [0.29, 0.717) is 30.3 Å². The van der Waals surface area contributed by atoms with Crippen LogP contribution in [0.25, 0.3) is 0 Å². The van der Waals surface area contributed by atoms with Crippen LogP contribution in [0.3, 0.4) is 0 Å². The van der Waals surface area contributed by atoms with Crippen LogP contribution >= 0.6 is 23.2 Å². The zero-order valence-corrected chi connectivity index (χ0v) is 12.8. The molecule has 1 aliphatic heterocycles. The lowest BCUT2D eigenvalue weighted by Crippen LogP contribution is -2.44. The van der Waals surface area contributed by atoms with Gasteiger partial charge in [0.05, 0.1) is 17.6 Å². The number of ether oxygens (including phenoxy) is 1. The fourth-order valence-electron chi connectivity index (χ4n) is 1.97. The van der Waals surface area contributed by atoms with Crippen molar-refractivity contribution in [1.29, 1.82) is 0 Å². The van der Waals surface area contributed by atoms with Gasteiger partial charge in [-0.2, -0.15) is 4.31 Å². The minimum Gasteiger partial charge on any atom is -0.376 e. The van der Waals surface area contributed by atoms with Crippen LogP contribution in [-0.4, -0.2) is 38.5 Å². The SMILES string of the molecule is CC1CN(S(=O)(=O)c2ccc(Cl)c(CCl)c2)CCO1. The molecule has 1 heterocycles. The van der Waals surface area contributed by atoms with Crippen molar-refractivity contribution in [3.8, 4) is 0 Å². The second kappa shape index (κ2) is 5.97. The number of sulfonamides is 1. The van der Waals surface area contributed by atoms with Crippen LogP contribution in [0.5, 0.6) is 0 Å². The lowest BCUT2D eigenvalue weighted by Gasteiger charge is -2.30. The zero-order valence-electron chi connectivity index (χ0n) is 10.5. The van der Waals surface area contributed by atoms with Crippen molar-refractivity contribution in [1.82, 2.24) is 4.31 Å². The minimum atomic E-state index is -3.51. The van der Waals surface area contributed by atoms with Gasteiger partial charge in [0.1, 0.15) is 0 Å². The summed E-state index contributed by atoms with van der Waals surface area (Å²) >= 11 is 11.7. The van der Waals surface area contributed by atoms with Gasteiger partial charge in [-0.15, -0.1) is 11.6 Å². The quantitative estimate of drug-likeness (QED) is 0.803. The van der Waals surface area contributed by atoms with E-state index in [2.05, 4.69) is 0 Å². The summed E-state index contributed by atoms with van der Waals surface area (Å²) in [6.07, 6.45) is -0.0941. The maximum absolute atomic E-state index is 12.5. The summed E-state index contributed by atoms with van der Waals surface area (Å²) < 4.78 is 31.8. The Labute approximate surface area is 123 Å². The first-order valence-electron chi connectivity index (χ1n) is 5.91. The third-order valence-electron chi connectivity index (χ3n) is 3.00. The van der Waals surface area contributed by atoms with E-state index < -0.39 is 10.0 Å². The average Bonchev–Trinajstić information content (AvgIpc) is 2.39. The molecular weight excluding hydrogens is 309 g/mol.